The first-order valence-corrected chi connectivity index (χ1v) is 16.5. The number of nitrogens with one attached hydrogen (secondary N) is 1. The van der Waals surface area contributed by atoms with Crippen molar-refractivity contribution < 1.29 is 8.42 Å². The van der Waals surface area contributed by atoms with E-state index in [1.54, 1.807) is 24.4 Å². The van der Waals surface area contributed by atoms with Crippen LogP contribution in [0.5, 0.6) is 0 Å². The maximum absolute atomic E-state index is 12.9. The van der Waals surface area contributed by atoms with Crippen molar-refractivity contribution in [1.82, 2.24) is 4.98 Å². The third kappa shape index (κ3) is 10.8. The summed E-state index contributed by atoms with van der Waals surface area (Å²) < 4.78 is 28.6. The highest BCUT2D eigenvalue weighted by molar-refractivity contribution is 7.92. The molecule has 4 nitrogen and oxygen atoms in total. The second kappa shape index (κ2) is 17.2. The fourth-order valence-electron chi connectivity index (χ4n) is 5.10. The normalized spacial score (nSPS) is 11.7. The standard InChI is InChI=1S/C33H48N2O2S/c1-2-3-4-5-6-7-8-9-10-11-12-13-14-15-16-17-20-29-24-26-31(27-25-29)38(36,37)35-32-23-18-21-30-22-19-28-34-33(30)32/h18-19,21-28,35H,2-17,20H2,1H3. The van der Waals surface area contributed by atoms with E-state index in [9.17, 15) is 8.42 Å². The fourth-order valence-corrected chi connectivity index (χ4v) is 6.17. The van der Waals surface area contributed by atoms with Gasteiger partial charge in [-0.2, -0.15) is 0 Å². The smallest absolute Gasteiger partial charge is 0.261 e. The van der Waals surface area contributed by atoms with Crippen molar-refractivity contribution in [3.8, 4) is 0 Å². The molecule has 0 aliphatic heterocycles. The Morgan fingerprint density at radius 2 is 1.16 bits per heavy atom. The summed E-state index contributed by atoms with van der Waals surface area (Å²) in [6.45, 7) is 2.28. The van der Waals surface area contributed by atoms with E-state index in [-0.39, 0.29) is 4.90 Å². The number of aryl methyl sites for hydroxylation is 1. The summed E-state index contributed by atoms with van der Waals surface area (Å²) in [4.78, 5) is 4.62. The summed E-state index contributed by atoms with van der Waals surface area (Å²) in [5.74, 6) is 0. The average molecular weight is 537 g/mol. The van der Waals surface area contributed by atoms with Crippen LogP contribution in [0.2, 0.25) is 0 Å². The van der Waals surface area contributed by atoms with Gasteiger partial charge in [-0.25, -0.2) is 8.42 Å². The van der Waals surface area contributed by atoms with Crippen molar-refractivity contribution in [1.29, 1.82) is 0 Å². The molecule has 38 heavy (non-hydrogen) atoms. The number of fused-ring (bicyclic) bond motifs is 1. The van der Waals surface area contributed by atoms with Crippen molar-refractivity contribution in [3.63, 3.8) is 0 Å². The van der Waals surface area contributed by atoms with E-state index in [4.69, 9.17) is 0 Å². The molecule has 1 aromatic heterocycles. The van der Waals surface area contributed by atoms with E-state index in [1.165, 1.54) is 102 Å². The van der Waals surface area contributed by atoms with E-state index in [2.05, 4.69) is 16.6 Å². The summed E-state index contributed by atoms with van der Waals surface area (Å²) in [5.41, 5.74) is 2.35. The van der Waals surface area contributed by atoms with Gasteiger partial charge in [-0.1, -0.05) is 134 Å². The number of hydrogen-bond donors (Lipinski definition) is 1. The lowest BCUT2D eigenvalue weighted by molar-refractivity contribution is 0.529. The fraction of sp³-hybridized carbons (Fsp3) is 0.545. The number of rotatable bonds is 20. The summed E-state index contributed by atoms with van der Waals surface area (Å²) in [6, 6.07) is 16.6. The Labute approximate surface area is 231 Å². The minimum absolute atomic E-state index is 0.279. The zero-order valence-electron chi connectivity index (χ0n) is 23.5. The first-order valence-electron chi connectivity index (χ1n) is 15.1. The number of pyridine rings is 1. The molecule has 0 aliphatic carbocycles. The van der Waals surface area contributed by atoms with Gasteiger partial charge in [-0.05, 0) is 42.7 Å². The van der Waals surface area contributed by atoms with Gasteiger partial charge in [-0.3, -0.25) is 9.71 Å². The maximum atomic E-state index is 12.9. The summed E-state index contributed by atoms with van der Waals surface area (Å²) in [6.07, 6.45) is 24.6. The molecule has 0 amide bonds. The Morgan fingerprint density at radius 3 is 1.74 bits per heavy atom. The summed E-state index contributed by atoms with van der Waals surface area (Å²) in [5, 5.41) is 0.904. The van der Waals surface area contributed by atoms with Gasteiger partial charge >= 0.3 is 0 Å². The predicted molar refractivity (Wildman–Crippen MR) is 162 cm³/mol. The topological polar surface area (TPSA) is 59.1 Å². The Balaban J connectivity index is 1.25. The van der Waals surface area contributed by atoms with E-state index in [0.717, 1.165) is 18.2 Å². The van der Waals surface area contributed by atoms with Crippen LogP contribution >= 0.6 is 0 Å². The Bertz CT molecular complexity index is 1150. The first-order chi connectivity index (χ1) is 18.6. The van der Waals surface area contributed by atoms with Gasteiger partial charge in [-0.15, -0.1) is 0 Å². The zero-order chi connectivity index (χ0) is 26.9. The maximum Gasteiger partial charge on any atom is 0.261 e. The van der Waals surface area contributed by atoms with Crippen molar-refractivity contribution in [2.24, 2.45) is 0 Å². The van der Waals surface area contributed by atoms with Crippen LogP contribution in [-0.2, 0) is 16.4 Å². The number of aromatic nitrogens is 1. The van der Waals surface area contributed by atoms with Crippen LogP contribution in [0, 0.1) is 0 Å². The molecular formula is C33H48N2O2S. The van der Waals surface area contributed by atoms with E-state index < -0.39 is 10.0 Å². The van der Waals surface area contributed by atoms with Crippen LogP contribution < -0.4 is 4.72 Å². The van der Waals surface area contributed by atoms with Crippen molar-refractivity contribution in [3.05, 3.63) is 66.4 Å². The van der Waals surface area contributed by atoms with Gasteiger partial charge in [0.25, 0.3) is 10.0 Å². The molecule has 0 atom stereocenters. The second-order valence-electron chi connectivity index (χ2n) is 10.7. The van der Waals surface area contributed by atoms with Gasteiger partial charge in [0.05, 0.1) is 16.1 Å². The molecule has 0 bridgehead atoms. The zero-order valence-corrected chi connectivity index (χ0v) is 24.3. The number of hydrogen-bond acceptors (Lipinski definition) is 3. The number of benzene rings is 2. The number of para-hydroxylation sites is 1. The molecule has 0 aliphatic rings. The molecular weight excluding hydrogens is 488 g/mol. The van der Waals surface area contributed by atoms with Crippen LogP contribution in [0.4, 0.5) is 5.69 Å². The van der Waals surface area contributed by atoms with Crippen LogP contribution in [0.25, 0.3) is 10.9 Å². The Hall–Kier alpha value is -2.40. The molecule has 0 spiro atoms. The molecule has 2 aromatic carbocycles. The van der Waals surface area contributed by atoms with E-state index in [0.29, 0.717) is 11.2 Å². The molecule has 0 unspecified atom stereocenters. The highest BCUT2D eigenvalue weighted by atomic mass is 32.2. The predicted octanol–water partition coefficient (Wildman–Crippen LogP) is 9.84. The minimum Gasteiger partial charge on any atom is -0.277 e. The summed E-state index contributed by atoms with van der Waals surface area (Å²) >= 11 is 0. The monoisotopic (exact) mass is 536 g/mol. The largest absolute Gasteiger partial charge is 0.277 e. The molecule has 3 rings (SSSR count). The van der Waals surface area contributed by atoms with Gasteiger partial charge in [0.2, 0.25) is 0 Å². The molecule has 1 heterocycles. The van der Waals surface area contributed by atoms with Crippen LogP contribution in [0.1, 0.15) is 115 Å². The lowest BCUT2D eigenvalue weighted by Crippen LogP contribution is -2.13. The van der Waals surface area contributed by atoms with Crippen molar-refractivity contribution in [2.75, 3.05) is 4.72 Å². The first kappa shape index (κ1) is 30.1. The lowest BCUT2D eigenvalue weighted by atomic mass is 10.0. The van der Waals surface area contributed by atoms with Crippen LogP contribution in [0.15, 0.2) is 65.7 Å². The molecule has 0 saturated heterocycles. The molecule has 208 valence electrons. The molecule has 5 heteroatoms. The molecule has 0 saturated carbocycles. The van der Waals surface area contributed by atoms with Gasteiger partial charge < -0.3 is 0 Å². The van der Waals surface area contributed by atoms with Crippen molar-refractivity contribution in [2.45, 2.75) is 121 Å². The lowest BCUT2D eigenvalue weighted by Gasteiger charge is -2.11. The van der Waals surface area contributed by atoms with Gasteiger partial charge in [0.15, 0.2) is 0 Å². The Morgan fingerprint density at radius 1 is 0.632 bits per heavy atom. The highest BCUT2D eigenvalue weighted by Gasteiger charge is 2.16. The summed E-state index contributed by atoms with van der Waals surface area (Å²) in [7, 11) is -3.66. The number of sulfonamides is 1. The second-order valence-corrected chi connectivity index (χ2v) is 12.4. The minimum atomic E-state index is -3.66. The van der Waals surface area contributed by atoms with Gasteiger partial charge in [0, 0.05) is 11.6 Å². The highest BCUT2D eigenvalue weighted by Crippen LogP contribution is 2.24. The molecule has 0 radical (unpaired) electrons. The van der Waals surface area contributed by atoms with Crippen LogP contribution in [0.3, 0.4) is 0 Å². The van der Waals surface area contributed by atoms with E-state index in [1.807, 2.05) is 36.4 Å². The number of unbranched alkanes of at least 4 members (excludes halogenated alkanes) is 15. The van der Waals surface area contributed by atoms with Gasteiger partial charge in [0.1, 0.15) is 0 Å². The SMILES string of the molecule is CCCCCCCCCCCCCCCCCCc1ccc(S(=O)(=O)Nc2cccc3cccnc23)cc1. The van der Waals surface area contributed by atoms with E-state index >= 15 is 0 Å². The average Bonchev–Trinajstić information content (AvgIpc) is 2.93. The number of nitrogens with zero attached hydrogens (tertiary/aromatic N) is 1. The molecule has 0 fully saturated rings. The Kier molecular flexibility index (Phi) is 13.7. The van der Waals surface area contributed by atoms with Crippen molar-refractivity contribution >= 4 is 26.6 Å². The molecule has 1 N–H and O–H groups in total. The van der Waals surface area contributed by atoms with Crippen LogP contribution in [-0.4, -0.2) is 13.4 Å². The number of anilines is 1. The molecule has 3 aromatic rings. The third-order valence-corrected chi connectivity index (χ3v) is 8.81. The third-order valence-electron chi connectivity index (χ3n) is 7.43. The quantitative estimate of drug-likeness (QED) is 0.146.